The zero-order chi connectivity index (χ0) is 14.1. The maximum Gasteiger partial charge on any atom is 0.396 e. The minimum absolute atomic E-state index is 0.0286. The number of aromatic nitrogens is 2. The van der Waals surface area contributed by atoms with Crippen LogP contribution >= 0.6 is 0 Å². The van der Waals surface area contributed by atoms with Gasteiger partial charge in [0, 0.05) is 12.4 Å². The number of rotatable bonds is 4. The summed E-state index contributed by atoms with van der Waals surface area (Å²) in [6.07, 6.45) is -0.373. The second kappa shape index (κ2) is 4.65. The highest BCUT2D eigenvalue weighted by atomic mass is 19.3. The van der Waals surface area contributed by atoms with Crippen LogP contribution in [0.1, 0.15) is 11.7 Å². The lowest BCUT2D eigenvalue weighted by atomic mass is 10.0. The van der Waals surface area contributed by atoms with Crippen LogP contribution in [0.4, 0.5) is 17.6 Å². The van der Waals surface area contributed by atoms with Crippen molar-refractivity contribution in [3.63, 3.8) is 0 Å². The van der Waals surface area contributed by atoms with Gasteiger partial charge in [-0.25, -0.2) is 4.98 Å². The third kappa shape index (κ3) is 2.21. The molecule has 0 aliphatic rings. The number of benzene rings is 1. The van der Waals surface area contributed by atoms with Crippen molar-refractivity contribution in [2.45, 2.75) is 18.1 Å². The number of imidazole rings is 1. The number of hydrogen-bond acceptors (Lipinski definition) is 2. The van der Waals surface area contributed by atoms with Gasteiger partial charge in [-0.1, -0.05) is 30.3 Å². The molecule has 0 saturated heterocycles. The monoisotopic (exact) mass is 274 g/mol. The average molecular weight is 274 g/mol. The molecule has 2 aromatic rings. The maximum absolute atomic E-state index is 13.8. The molecule has 2 rings (SSSR count). The Kier molecular flexibility index (Phi) is 3.32. The molecule has 1 aromatic heterocycles. The molecular weight excluding hydrogens is 264 g/mol. The first-order chi connectivity index (χ1) is 8.87. The normalized spacial score (nSPS) is 14.4. The summed E-state index contributed by atoms with van der Waals surface area (Å²) in [6.45, 7) is 0. The summed E-state index contributed by atoms with van der Waals surface area (Å²) in [5.74, 6) is -4.67. The number of nitrogens with zero attached hydrogens (tertiary/aromatic N) is 2. The highest BCUT2D eigenvalue weighted by molar-refractivity contribution is 5.20. The third-order valence-corrected chi connectivity index (χ3v) is 2.69. The lowest BCUT2D eigenvalue weighted by Gasteiger charge is -2.30. The minimum Gasteiger partial charge on any atom is -0.382 e. The Morgan fingerprint density at radius 3 is 2.26 bits per heavy atom. The fraction of sp³-hybridized carbons (Fsp3) is 0.250. The summed E-state index contributed by atoms with van der Waals surface area (Å²) in [6, 6.07) is 2.01. The Labute approximate surface area is 106 Å². The van der Waals surface area contributed by atoms with Crippen LogP contribution < -0.4 is 0 Å². The van der Waals surface area contributed by atoms with Crippen LogP contribution in [0.5, 0.6) is 0 Å². The largest absolute Gasteiger partial charge is 0.396 e. The van der Waals surface area contributed by atoms with Crippen molar-refractivity contribution in [3.8, 4) is 0 Å². The second-order valence-corrected chi connectivity index (χ2v) is 3.95. The van der Waals surface area contributed by atoms with E-state index in [1.807, 2.05) is 0 Å². The molecule has 0 saturated carbocycles. The van der Waals surface area contributed by atoms with Gasteiger partial charge in [0.05, 0.1) is 6.33 Å². The molecule has 7 heteroatoms. The second-order valence-electron chi connectivity index (χ2n) is 3.95. The van der Waals surface area contributed by atoms with Gasteiger partial charge in [0.25, 0.3) is 0 Å². The molecule has 0 unspecified atom stereocenters. The average Bonchev–Trinajstić information content (AvgIpc) is 2.93. The van der Waals surface area contributed by atoms with E-state index < -0.39 is 18.1 Å². The SMILES string of the molecule is O[C@@H](c1ccccc1)C(F)(F)C(F)(F)n1ccnc1. The maximum atomic E-state index is 13.8. The Hall–Kier alpha value is -1.89. The van der Waals surface area contributed by atoms with E-state index in [-0.39, 0.29) is 10.1 Å². The first-order valence-corrected chi connectivity index (χ1v) is 5.34. The summed E-state index contributed by atoms with van der Waals surface area (Å²) in [5.41, 5.74) is -0.285. The van der Waals surface area contributed by atoms with Gasteiger partial charge in [0.2, 0.25) is 0 Å². The first-order valence-electron chi connectivity index (χ1n) is 5.34. The molecule has 0 amide bonds. The van der Waals surface area contributed by atoms with Crippen LogP contribution in [0.3, 0.4) is 0 Å². The summed E-state index contributed by atoms with van der Waals surface area (Å²) in [4.78, 5) is 3.30. The molecule has 0 aliphatic carbocycles. The number of aliphatic hydroxyl groups excluding tert-OH is 1. The molecule has 0 radical (unpaired) electrons. The van der Waals surface area contributed by atoms with E-state index in [1.165, 1.54) is 18.2 Å². The smallest absolute Gasteiger partial charge is 0.382 e. The number of hydrogen-bond donors (Lipinski definition) is 1. The molecule has 19 heavy (non-hydrogen) atoms. The predicted octanol–water partition coefficient (Wildman–Crippen LogP) is 2.80. The van der Waals surface area contributed by atoms with Crippen molar-refractivity contribution in [3.05, 3.63) is 54.6 Å². The highest BCUT2D eigenvalue weighted by Crippen LogP contribution is 2.46. The molecule has 3 nitrogen and oxygen atoms in total. The number of halogens is 4. The summed E-state index contributed by atoms with van der Waals surface area (Å²) in [7, 11) is 0. The van der Waals surface area contributed by atoms with Crippen LogP contribution in [-0.4, -0.2) is 20.6 Å². The number of alkyl halides is 4. The van der Waals surface area contributed by atoms with Gasteiger partial charge < -0.3 is 5.11 Å². The highest BCUT2D eigenvalue weighted by Gasteiger charge is 2.62. The molecule has 1 aromatic carbocycles. The third-order valence-electron chi connectivity index (χ3n) is 2.69. The van der Waals surface area contributed by atoms with Crippen LogP contribution in [0.15, 0.2) is 49.1 Å². The number of aliphatic hydroxyl groups is 1. The van der Waals surface area contributed by atoms with Gasteiger partial charge in [-0.05, 0) is 5.56 Å². The minimum atomic E-state index is -4.67. The van der Waals surface area contributed by atoms with Crippen LogP contribution in [0.25, 0.3) is 0 Å². The van der Waals surface area contributed by atoms with Crippen molar-refractivity contribution in [2.75, 3.05) is 0 Å². The van der Waals surface area contributed by atoms with E-state index in [2.05, 4.69) is 4.98 Å². The van der Waals surface area contributed by atoms with Crippen molar-refractivity contribution in [1.82, 2.24) is 9.55 Å². The Balaban J connectivity index is 2.37. The van der Waals surface area contributed by atoms with Crippen molar-refractivity contribution >= 4 is 0 Å². The zero-order valence-corrected chi connectivity index (χ0v) is 9.55. The molecule has 0 fully saturated rings. The zero-order valence-electron chi connectivity index (χ0n) is 9.55. The molecule has 1 atom stereocenters. The summed E-state index contributed by atoms with van der Waals surface area (Å²) < 4.78 is 55.0. The van der Waals surface area contributed by atoms with E-state index in [0.29, 0.717) is 12.5 Å². The van der Waals surface area contributed by atoms with E-state index >= 15 is 0 Å². The molecule has 0 spiro atoms. The fourth-order valence-corrected chi connectivity index (χ4v) is 1.61. The summed E-state index contributed by atoms with van der Waals surface area (Å²) in [5, 5.41) is 9.52. The van der Waals surface area contributed by atoms with Gasteiger partial charge in [-0.3, -0.25) is 4.57 Å². The topological polar surface area (TPSA) is 38.0 Å². The van der Waals surface area contributed by atoms with E-state index in [0.717, 1.165) is 18.3 Å². The summed E-state index contributed by atoms with van der Waals surface area (Å²) >= 11 is 0. The molecule has 0 aliphatic heterocycles. The van der Waals surface area contributed by atoms with Gasteiger partial charge in [-0.2, -0.15) is 17.6 Å². The molecule has 0 bridgehead atoms. The van der Waals surface area contributed by atoms with Crippen LogP contribution in [-0.2, 0) is 6.05 Å². The lowest BCUT2D eigenvalue weighted by molar-refractivity contribution is -0.298. The first kappa shape index (κ1) is 13.5. The van der Waals surface area contributed by atoms with Gasteiger partial charge in [0.1, 0.15) is 0 Å². The molecular formula is C12H10F4N2O. The molecule has 1 heterocycles. The van der Waals surface area contributed by atoms with E-state index in [4.69, 9.17) is 0 Å². The quantitative estimate of drug-likeness (QED) is 0.871. The fourth-order valence-electron chi connectivity index (χ4n) is 1.61. The van der Waals surface area contributed by atoms with E-state index in [9.17, 15) is 22.7 Å². The van der Waals surface area contributed by atoms with E-state index in [1.54, 1.807) is 0 Å². The van der Waals surface area contributed by atoms with Crippen molar-refractivity contribution in [2.24, 2.45) is 0 Å². The van der Waals surface area contributed by atoms with Crippen LogP contribution in [0.2, 0.25) is 0 Å². The van der Waals surface area contributed by atoms with Crippen molar-refractivity contribution in [1.29, 1.82) is 0 Å². The standard InChI is InChI=1S/C12H10F4N2O/c13-11(14,10(19)9-4-2-1-3-5-9)12(15,16)18-7-6-17-8-18/h1-8,10,19H/t10-/m0/s1. The molecule has 1 N–H and O–H groups in total. The molecule has 102 valence electrons. The van der Waals surface area contributed by atoms with Gasteiger partial charge >= 0.3 is 12.0 Å². The lowest BCUT2D eigenvalue weighted by Crippen LogP contribution is -2.46. The Morgan fingerprint density at radius 1 is 1.11 bits per heavy atom. The van der Waals surface area contributed by atoms with Crippen LogP contribution in [0, 0.1) is 0 Å². The van der Waals surface area contributed by atoms with Gasteiger partial charge in [0.15, 0.2) is 6.10 Å². The van der Waals surface area contributed by atoms with Gasteiger partial charge in [-0.15, -0.1) is 0 Å². The Morgan fingerprint density at radius 2 is 1.74 bits per heavy atom. The predicted molar refractivity (Wildman–Crippen MR) is 58.8 cm³/mol. The Bertz CT molecular complexity index is 528. The van der Waals surface area contributed by atoms with Crippen molar-refractivity contribution < 1.29 is 22.7 Å².